The summed E-state index contributed by atoms with van der Waals surface area (Å²) in [4.78, 5) is 16.2. The maximum absolute atomic E-state index is 12.0. The van der Waals surface area contributed by atoms with Crippen molar-refractivity contribution in [1.82, 2.24) is 4.98 Å². The summed E-state index contributed by atoms with van der Waals surface area (Å²) >= 11 is 1.55. The number of benzene rings is 1. The molecular weight excluding hydrogens is 250 g/mol. The van der Waals surface area contributed by atoms with Crippen molar-refractivity contribution in [3.8, 4) is 0 Å². The molecule has 1 aliphatic heterocycles. The Balaban J connectivity index is 1.77. The van der Waals surface area contributed by atoms with Crippen LogP contribution < -0.4 is 11.1 Å². The predicted molar refractivity (Wildman–Crippen MR) is 70.5 cm³/mol. The van der Waals surface area contributed by atoms with Gasteiger partial charge in [-0.2, -0.15) is 0 Å². The smallest absolute Gasteiger partial charge is 0.231 e. The Morgan fingerprint density at radius 3 is 3.17 bits per heavy atom. The Morgan fingerprint density at radius 1 is 1.50 bits per heavy atom. The number of carbonyl (C=O) groups excluding carboxylic acids is 1. The maximum atomic E-state index is 12.0. The van der Waals surface area contributed by atoms with Crippen LogP contribution in [0.25, 0.3) is 10.2 Å². The Morgan fingerprint density at radius 2 is 2.39 bits per heavy atom. The van der Waals surface area contributed by atoms with E-state index in [1.54, 1.807) is 16.8 Å². The molecule has 2 heterocycles. The molecule has 6 heteroatoms. The molecule has 1 aromatic carbocycles. The lowest BCUT2D eigenvalue weighted by molar-refractivity contribution is -0.120. The molecule has 5 nitrogen and oxygen atoms in total. The zero-order chi connectivity index (χ0) is 12.5. The number of rotatable bonds is 2. The molecule has 94 valence electrons. The summed E-state index contributed by atoms with van der Waals surface area (Å²) in [7, 11) is 0. The number of anilines is 1. The van der Waals surface area contributed by atoms with Crippen LogP contribution in [0.4, 0.5) is 5.69 Å². The molecule has 1 fully saturated rings. The van der Waals surface area contributed by atoms with Crippen LogP contribution in [-0.2, 0) is 9.53 Å². The van der Waals surface area contributed by atoms with E-state index in [1.165, 1.54) is 0 Å². The zero-order valence-corrected chi connectivity index (χ0v) is 10.4. The second kappa shape index (κ2) is 4.64. The average Bonchev–Trinajstić information content (AvgIpc) is 2.96. The molecule has 0 radical (unpaired) electrons. The normalized spacial score (nSPS) is 23.4. The summed E-state index contributed by atoms with van der Waals surface area (Å²) in [6, 6.07) is 5.46. The van der Waals surface area contributed by atoms with Gasteiger partial charge < -0.3 is 15.8 Å². The van der Waals surface area contributed by atoms with Crippen molar-refractivity contribution in [3.05, 3.63) is 23.7 Å². The van der Waals surface area contributed by atoms with Gasteiger partial charge in [-0.15, -0.1) is 11.3 Å². The van der Waals surface area contributed by atoms with E-state index in [4.69, 9.17) is 10.5 Å². The lowest BCUT2D eigenvalue weighted by atomic mass is 10.0. The highest BCUT2D eigenvalue weighted by atomic mass is 32.1. The number of hydrogen-bond acceptors (Lipinski definition) is 5. The summed E-state index contributed by atoms with van der Waals surface area (Å²) in [5.41, 5.74) is 9.32. The molecule has 0 saturated carbocycles. The number of thiazole rings is 1. The van der Waals surface area contributed by atoms with Crippen LogP contribution in [0.5, 0.6) is 0 Å². The predicted octanol–water partition coefficient (Wildman–Crippen LogP) is 1.21. The number of ether oxygens (including phenoxy) is 1. The molecule has 1 amide bonds. The first-order chi connectivity index (χ1) is 8.74. The van der Waals surface area contributed by atoms with E-state index in [-0.39, 0.29) is 17.9 Å². The third kappa shape index (κ3) is 2.10. The monoisotopic (exact) mass is 263 g/mol. The quantitative estimate of drug-likeness (QED) is 0.853. The van der Waals surface area contributed by atoms with Crippen LogP contribution >= 0.6 is 11.3 Å². The van der Waals surface area contributed by atoms with Crippen LogP contribution in [0.1, 0.15) is 0 Å². The summed E-state index contributed by atoms with van der Waals surface area (Å²) in [5, 5.41) is 2.88. The number of nitrogens with one attached hydrogen (secondary N) is 1. The molecule has 2 aromatic rings. The van der Waals surface area contributed by atoms with Crippen LogP contribution in [0.3, 0.4) is 0 Å². The van der Waals surface area contributed by atoms with E-state index in [0.717, 1.165) is 15.9 Å². The van der Waals surface area contributed by atoms with E-state index in [2.05, 4.69) is 10.3 Å². The number of amides is 1. The fraction of sp³-hybridized carbons (Fsp3) is 0.333. The van der Waals surface area contributed by atoms with Gasteiger partial charge in [0.05, 0.1) is 34.9 Å². The fourth-order valence-electron chi connectivity index (χ4n) is 2.01. The van der Waals surface area contributed by atoms with Gasteiger partial charge in [-0.25, -0.2) is 4.98 Å². The molecule has 0 aliphatic carbocycles. The number of carbonyl (C=O) groups is 1. The van der Waals surface area contributed by atoms with Crippen molar-refractivity contribution < 1.29 is 9.53 Å². The highest BCUT2D eigenvalue weighted by molar-refractivity contribution is 7.16. The van der Waals surface area contributed by atoms with Gasteiger partial charge in [0.2, 0.25) is 5.91 Å². The van der Waals surface area contributed by atoms with Gasteiger partial charge in [0.25, 0.3) is 0 Å². The topological polar surface area (TPSA) is 77.2 Å². The standard InChI is InChI=1S/C12H13N3O2S/c13-9-5-17-4-8(9)12(16)15-7-1-2-10-11(3-7)18-6-14-10/h1-3,6,8-9H,4-5,13H2,(H,15,16). The SMILES string of the molecule is NC1COCC1C(=O)Nc1ccc2ncsc2c1. The van der Waals surface area contributed by atoms with Crippen molar-refractivity contribution in [2.45, 2.75) is 6.04 Å². The van der Waals surface area contributed by atoms with Crippen molar-refractivity contribution >= 4 is 33.1 Å². The highest BCUT2D eigenvalue weighted by Gasteiger charge is 2.31. The molecule has 18 heavy (non-hydrogen) atoms. The van der Waals surface area contributed by atoms with Crippen molar-refractivity contribution in [2.75, 3.05) is 18.5 Å². The fourth-order valence-corrected chi connectivity index (χ4v) is 2.73. The lowest BCUT2D eigenvalue weighted by Gasteiger charge is -2.13. The molecule has 0 spiro atoms. The first kappa shape index (κ1) is 11.6. The van der Waals surface area contributed by atoms with E-state index >= 15 is 0 Å². The maximum Gasteiger partial charge on any atom is 0.231 e. The molecule has 1 aliphatic rings. The van der Waals surface area contributed by atoms with Gasteiger partial charge >= 0.3 is 0 Å². The Hall–Kier alpha value is -1.50. The summed E-state index contributed by atoms with van der Waals surface area (Å²) in [6.45, 7) is 0.849. The minimum absolute atomic E-state index is 0.0798. The molecule has 3 N–H and O–H groups in total. The minimum Gasteiger partial charge on any atom is -0.379 e. The largest absolute Gasteiger partial charge is 0.379 e. The lowest BCUT2D eigenvalue weighted by Crippen LogP contribution is -2.37. The van der Waals surface area contributed by atoms with Gasteiger partial charge in [0, 0.05) is 11.7 Å². The first-order valence-corrected chi connectivity index (χ1v) is 6.59. The molecule has 0 bridgehead atoms. The third-order valence-electron chi connectivity index (χ3n) is 3.06. The Labute approximate surface area is 108 Å². The van der Waals surface area contributed by atoms with Crippen LogP contribution in [0.2, 0.25) is 0 Å². The summed E-state index contributed by atoms with van der Waals surface area (Å²) in [5.74, 6) is -0.342. The van der Waals surface area contributed by atoms with Gasteiger partial charge in [-0.3, -0.25) is 4.79 Å². The average molecular weight is 263 g/mol. The van der Waals surface area contributed by atoms with Gasteiger partial charge in [0.15, 0.2) is 0 Å². The summed E-state index contributed by atoms with van der Waals surface area (Å²) in [6.07, 6.45) is 0. The first-order valence-electron chi connectivity index (χ1n) is 5.71. The van der Waals surface area contributed by atoms with E-state index in [1.807, 2.05) is 18.2 Å². The van der Waals surface area contributed by atoms with Crippen LogP contribution in [-0.4, -0.2) is 30.1 Å². The highest BCUT2D eigenvalue weighted by Crippen LogP contribution is 2.23. The number of aromatic nitrogens is 1. The number of nitrogens with zero attached hydrogens (tertiary/aromatic N) is 1. The molecule has 1 aromatic heterocycles. The zero-order valence-electron chi connectivity index (χ0n) is 9.63. The number of fused-ring (bicyclic) bond motifs is 1. The van der Waals surface area contributed by atoms with Crippen molar-refractivity contribution in [1.29, 1.82) is 0 Å². The van der Waals surface area contributed by atoms with Gasteiger partial charge in [-0.1, -0.05) is 0 Å². The Bertz CT molecular complexity index is 583. The van der Waals surface area contributed by atoms with E-state index in [0.29, 0.717) is 13.2 Å². The van der Waals surface area contributed by atoms with Crippen molar-refractivity contribution in [3.63, 3.8) is 0 Å². The van der Waals surface area contributed by atoms with E-state index in [9.17, 15) is 4.79 Å². The van der Waals surface area contributed by atoms with Crippen LogP contribution in [0.15, 0.2) is 23.7 Å². The van der Waals surface area contributed by atoms with Crippen molar-refractivity contribution in [2.24, 2.45) is 11.7 Å². The molecule has 1 saturated heterocycles. The second-order valence-corrected chi connectivity index (χ2v) is 5.22. The second-order valence-electron chi connectivity index (χ2n) is 4.33. The van der Waals surface area contributed by atoms with Gasteiger partial charge in [-0.05, 0) is 18.2 Å². The van der Waals surface area contributed by atoms with E-state index < -0.39 is 0 Å². The molecular formula is C12H13N3O2S. The van der Waals surface area contributed by atoms with Gasteiger partial charge in [0.1, 0.15) is 0 Å². The minimum atomic E-state index is -0.262. The van der Waals surface area contributed by atoms with Crippen LogP contribution in [0, 0.1) is 5.92 Å². The third-order valence-corrected chi connectivity index (χ3v) is 3.85. The summed E-state index contributed by atoms with van der Waals surface area (Å²) < 4.78 is 6.25. The Kier molecular flexibility index (Phi) is 2.99. The number of nitrogens with two attached hydrogens (primary N) is 1. The molecule has 2 unspecified atom stereocenters. The molecule has 3 rings (SSSR count). The molecule has 2 atom stereocenters. The number of hydrogen-bond donors (Lipinski definition) is 2.